The zero-order valence-electron chi connectivity index (χ0n) is 7.45. The van der Waals surface area contributed by atoms with Gasteiger partial charge >= 0.3 is 0 Å². The van der Waals surface area contributed by atoms with Crippen molar-refractivity contribution in [3.05, 3.63) is 24.2 Å². The Morgan fingerprint density at radius 1 is 1.71 bits per heavy atom. The highest BCUT2D eigenvalue weighted by molar-refractivity contribution is 8.14. The normalized spacial score (nSPS) is 9.71. The summed E-state index contributed by atoms with van der Waals surface area (Å²) in [7, 11) is 0. The molecule has 1 aromatic heterocycles. The summed E-state index contributed by atoms with van der Waals surface area (Å²) in [6.07, 6.45) is 1.55. The summed E-state index contributed by atoms with van der Waals surface area (Å²) < 4.78 is 5.02. The van der Waals surface area contributed by atoms with Crippen LogP contribution in [0.15, 0.2) is 22.8 Å². The molecule has 1 heterocycles. The fraction of sp³-hybridized carbons (Fsp3) is 0.250. The number of carbonyl (C=O) groups excluding carboxylic acids is 1. The molecule has 0 aliphatic rings. The van der Waals surface area contributed by atoms with E-state index in [0.29, 0.717) is 12.3 Å². The van der Waals surface area contributed by atoms with Crippen LogP contribution < -0.4 is 11.1 Å². The average Bonchev–Trinajstić information content (AvgIpc) is 2.63. The summed E-state index contributed by atoms with van der Waals surface area (Å²) in [5, 5.41) is 9.48. The molecule has 0 atom stereocenters. The molecule has 4 N–H and O–H groups in total. The number of nitrogens with two attached hydrogens (primary N) is 1. The number of thioether (sulfide) groups is 1. The van der Waals surface area contributed by atoms with E-state index in [2.05, 4.69) is 5.32 Å². The minimum Gasteiger partial charge on any atom is -0.467 e. The molecular formula is C8H11N3O2S. The molecule has 0 aliphatic carbocycles. The van der Waals surface area contributed by atoms with Gasteiger partial charge in [-0.3, -0.25) is 10.2 Å². The Kier molecular flexibility index (Phi) is 4.06. The molecular weight excluding hydrogens is 202 g/mol. The highest BCUT2D eigenvalue weighted by Gasteiger charge is 2.03. The zero-order valence-corrected chi connectivity index (χ0v) is 8.26. The molecule has 0 radical (unpaired) electrons. The smallest absolute Gasteiger partial charge is 0.230 e. The molecule has 0 saturated carbocycles. The summed E-state index contributed by atoms with van der Waals surface area (Å²) >= 11 is 0.995. The molecule has 14 heavy (non-hydrogen) atoms. The van der Waals surface area contributed by atoms with Crippen LogP contribution in [0.2, 0.25) is 0 Å². The van der Waals surface area contributed by atoms with Crippen LogP contribution in [0.25, 0.3) is 0 Å². The first-order valence-corrected chi connectivity index (χ1v) is 4.93. The van der Waals surface area contributed by atoms with Crippen molar-refractivity contribution < 1.29 is 9.21 Å². The largest absolute Gasteiger partial charge is 0.467 e. The number of rotatable bonds is 4. The van der Waals surface area contributed by atoms with E-state index in [-0.39, 0.29) is 16.8 Å². The molecule has 1 rings (SSSR count). The maximum Gasteiger partial charge on any atom is 0.230 e. The highest BCUT2D eigenvalue weighted by atomic mass is 32.2. The standard InChI is InChI=1S/C8H11N3O2S/c9-8(10)14-5-7(12)11-4-6-2-1-3-13-6/h1-3H,4-5H2,(H3,9,10)(H,11,12). The van der Waals surface area contributed by atoms with Gasteiger partial charge in [-0.1, -0.05) is 11.8 Å². The van der Waals surface area contributed by atoms with Crippen LogP contribution in [-0.2, 0) is 11.3 Å². The lowest BCUT2D eigenvalue weighted by molar-refractivity contribution is -0.118. The lowest BCUT2D eigenvalue weighted by Crippen LogP contribution is -2.25. The van der Waals surface area contributed by atoms with E-state index < -0.39 is 0 Å². The van der Waals surface area contributed by atoms with Crippen molar-refractivity contribution in [3.8, 4) is 0 Å². The Morgan fingerprint density at radius 3 is 3.07 bits per heavy atom. The molecule has 0 unspecified atom stereocenters. The minimum atomic E-state index is -0.165. The highest BCUT2D eigenvalue weighted by Crippen LogP contribution is 2.00. The van der Waals surface area contributed by atoms with Gasteiger partial charge in [0.25, 0.3) is 0 Å². The number of carbonyl (C=O) groups is 1. The predicted molar refractivity (Wildman–Crippen MR) is 54.9 cm³/mol. The second-order valence-electron chi connectivity index (χ2n) is 2.51. The van der Waals surface area contributed by atoms with Crippen molar-refractivity contribution in [2.45, 2.75) is 6.54 Å². The topological polar surface area (TPSA) is 92.1 Å². The lowest BCUT2D eigenvalue weighted by Gasteiger charge is -2.01. The van der Waals surface area contributed by atoms with Crippen LogP contribution in [0.3, 0.4) is 0 Å². The maximum atomic E-state index is 11.1. The van der Waals surface area contributed by atoms with Gasteiger partial charge in [-0.2, -0.15) is 0 Å². The molecule has 1 amide bonds. The van der Waals surface area contributed by atoms with Crippen molar-refractivity contribution >= 4 is 22.8 Å². The van der Waals surface area contributed by atoms with Crippen LogP contribution in [-0.4, -0.2) is 16.8 Å². The SMILES string of the molecule is N=C(N)SCC(=O)NCc1ccco1. The van der Waals surface area contributed by atoms with Gasteiger partial charge in [0.1, 0.15) is 5.76 Å². The molecule has 0 bridgehead atoms. The van der Waals surface area contributed by atoms with Gasteiger partial charge in [0, 0.05) is 0 Å². The number of amidine groups is 1. The number of nitrogens with one attached hydrogen (secondary N) is 2. The summed E-state index contributed by atoms with van der Waals surface area (Å²) in [5.74, 6) is 0.698. The van der Waals surface area contributed by atoms with E-state index in [0.717, 1.165) is 11.8 Å². The fourth-order valence-electron chi connectivity index (χ4n) is 0.793. The van der Waals surface area contributed by atoms with Crippen molar-refractivity contribution in [2.75, 3.05) is 5.75 Å². The van der Waals surface area contributed by atoms with Gasteiger partial charge in [0.2, 0.25) is 5.91 Å². The number of amides is 1. The van der Waals surface area contributed by atoms with E-state index in [9.17, 15) is 4.79 Å². The summed E-state index contributed by atoms with van der Waals surface area (Å²) in [4.78, 5) is 11.1. The van der Waals surface area contributed by atoms with Crippen molar-refractivity contribution in [1.29, 1.82) is 5.41 Å². The van der Waals surface area contributed by atoms with Crippen molar-refractivity contribution in [2.24, 2.45) is 5.73 Å². The summed E-state index contributed by atoms with van der Waals surface area (Å²) in [6.45, 7) is 0.365. The Bertz CT molecular complexity index is 310. The average molecular weight is 213 g/mol. The maximum absolute atomic E-state index is 11.1. The van der Waals surface area contributed by atoms with Gasteiger partial charge < -0.3 is 15.5 Å². The molecule has 6 heteroatoms. The fourth-order valence-corrected chi connectivity index (χ4v) is 1.18. The van der Waals surface area contributed by atoms with Crippen LogP contribution in [0.1, 0.15) is 5.76 Å². The predicted octanol–water partition coefficient (Wildman–Crippen LogP) is 0.522. The summed E-state index contributed by atoms with van der Waals surface area (Å²) in [5.41, 5.74) is 5.08. The summed E-state index contributed by atoms with van der Waals surface area (Å²) in [6, 6.07) is 3.53. The molecule has 1 aromatic rings. The first kappa shape index (κ1) is 10.6. The van der Waals surface area contributed by atoms with Gasteiger partial charge in [-0.25, -0.2) is 0 Å². The Morgan fingerprint density at radius 2 is 2.50 bits per heavy atom. The first-order valence-electron chi connectivity index (χ1n) is 3.94. The van der Waals surface area contributed by atoms with Gasteiger partial charge in [0.15, 0.2) is 5.17 Å². The third-order valence-electron chi connectivity index (χ3n) is 1.40. The lowest BCUT2D eigenvalue weighted by atomic mass is 10.4. The van der Waals surface area contributed by atoms with Crippen molar-refractivity contribution in [3.63, 3.8) is 0 Å². The zero-order chi connectivity index (χ0) is 10.4. The van der Waals surface area contributed by atoms with E-state index in [1.165, 1.54) is 0 Å². The first-order chi connectivity index (χ1) is 6.68. The molecule has 0 spiro atoms. The molecule has 0 saturated heterocycles. The van der Waals surface area contributed by atoms with E-state index in [1.807, 2.05) is 0 Å². The quantitative estimate of drug-likeness (QED) is 0.502. The molecule has 0 fully saturated rings. The second kappa shape index (κ2) is 5.33. The minimum absolute atomic E-state index is 0.0573. The van der Waals surface area contributed by atoms with E-state index in [1.54, 1.807) is 18.4 Å². The van der Waals surface area contributed by atoms with Crippen LogP contribution in [0.5, 0.6) is 0 Å². The monoisotopic (exact) mass is 213 g/mol. The Labute approximate surface area is 85.5 Å². The molecule has 0 aliphatic heterocycles. The molecule has 5 nitrogen and oxygen atoms in total. The Hall–Kier alpha value is -1.43. The number of hydrogen-bond acceptors (Lipinski definition) is 4. The third-order valence-corrected chi connectivity index (χ3v) is 2.12. The number of hydrogen-bond donors (Lipinski definition) is 3. The van der Waals surface area contributed by atoms with Gasteiger partial charge in [0.05, 0.1) is 18.6 Å². The Balaban J connectivity index is 2.18. The second-order valence-corrected chi connectivity index (χ2v) is 3.53. The van der Waals surface area contributed by atoms with Gasteiger partial charge in [-0.05, 0) is 12.1 Å². The van der Waals surface area contributed by atoms with Crippen LogP contribution in [0.4, 0.5) is 0 Å². The molecule has 76 valence electrons. The van der Waals surface area contributed by atoms with Crippen LogP contribution >= 0.6 is 11.8 Å². The van der Waals surface area contributed by atoms with Gasteiger partial charge in [-0.15, -0.1) is 0 Å². The van der Waals surface area contributed by atoms with E-state index in [4.69, 9.17) is 15.6 Å². The van der Waals surface area contributed by atoms with E-state index >= 15 is 0 Å². The van der Waals surface area contributed by atoms with Crippen molar-refractivity contribution in [1.82, 2.24) is 5.32 Å². The molecule has 0 aromatic carbocycles. The number of furan rings is 1. The third kappa shape index (κ3) is 3.99. The van der Waals surface area contributed by atoms with Crippen LogP contribution in [0, 0.1) is 5.41 Å².